The number of hydrogen-bond acceptors (Lipinski definition) is 3. The molecule has 1 unspecified atom stereocenters. The molecule has 2 aromatic heterocycles. The van der Waals surface area contributed by atoms with Crippen LogP contribution in [0, 0.1) is 0 Å². The summed E-state index contributed by atoms with van der Waals surface area (Å²) < 4.78 is 7.18. The minimum absolute atomic E-state index is 0.230. The number of hydrogen-bond donors (Lipinski definition) is 2. The lowest BCUT2D eigenvalue weighted by Crippen LogP contribution is -2.39. The van der Waals surface area contributed by atoms with Crippen molar-refractivity contribution in [2.75, 3.05) is 20.1 Å². The molecule has 126 valence electrons. The molecule has 6 nitrogen and oxygen atoms in total. The first-order valence-electron chi connectivity index (χ1n) is 7.53. The van der Waals surface area contributed by atoms with E-state index < -0.39 is 6.10 Å². The normalized spacial score (nSPS) is 13.2. The second-order valence-corrected chi connectivity index (χ2v) is 5.78. The van der Waals surface area contributed by atoms with E-state index in [0.29, 0.717) is 17.3 Å². The van der Waals surface area contributed by atoms with Gasteiger partial charge in [0.1, 0.15) is 11.9 Å². The van der Waals surface area contributed by atoms with Crippen LogP contribution in [0.5, 0.6) is 0 Å². The zero-order valence-electron chi connectivity index (χ0n) is 13.7. The Morgan fingerprint density at radius 1 is 1.57 bits per heavy atom. The third-order valence-electron chi connectivity index (χ3n) is 3.46. The minimum atomic E-state index is -0.753. The first-order valence-corrected chi connectivity index (χ1v) is 7.90. The van der Waals surface area contributed by atoms with Crippen molar-refractivity contribution in [1.82, 2.24) is 14.8 Å². The summed E-state index contributed by atoms with van der Waals surface area (Å²) in [6, 6.07) is 5.42. The predicted octanol–water partition coefficient (Wildman–Crippen LogP) is 2.40. The molecule has 0 aliphatic heterocycles. The topological polar surface area (TPSA) is 65.9 Å². The molecule has 0 aliphatic rings. The van der Waals surface area contributed by atoms with Gasteiger partial charge in [-0.1, -0.05) is 11.6 Å². The molecular weight excluding hydrogens is 316 g/mol. The summed E-state index contributed by atoms with van der Waals surface area (Å²) >= 11 is 6.02. The monoisotopic (exact) mass is 338 g/mol. The average molecular weight is 339 g/mol. The lowest BCUT2D eigenvalue weighted by atomic mass is 10.3. The van der Waals surface area contributed by atoms with E-state index in [1.165, 1.54) is 0 Å². The summed E-state index contributed by atoms with van der Waals surface area (Å²) in [7, 11) is 3.90. The van der Waals surface area contributed by atoms with E-state index in [1.807, 2.05) is 42.7 Å². The van der Waals surface area contributed by atoms with Crippen LogP contribution in [0.2, 0.25) is 5.02 Å². The molecule has 0 aliphatic carbocycles. The quantitative estimate of drug-likeness (QED) is 0.627. The number of nitrogens with zero attached hydrogens (tertiary/aromatic N) is 3. The van der Waals surface area contributed by atoms with Gasteiger partial charge < -0.3 is 24.3 Å². The van der Waals surface area contributed by atoms with Crippen molar-refractivity contribution in [1.29, 1.82) is 0 Å². The second-order valence-electron chi connectivity index (χ2n) is 5.34. The van der Waals surface area contributed by atoms with Crippen molar-refractivity contribution in [3.8, 4) is 0 Å². The van der Waals surface area contributed by atoms with Crippen LogP contribution in [0.15, 0.2) is 40.1 Å². The van der Waals surface area contributed by atoms with E-state index in [0.717, 1.165) is 18.2 Å². The van der Waals surface area contributed by atoms with Crippen molar-refractivity contribution in [2.24, 2.45) is 12.0 Å². The first-order chi connectivity index (χ1) is 11.0. The third-order valence-corrected chi connectivity index (χ3v) is 3.66. The second kappa shape index (κ2) is 8.08. The maximum Gasteiger partial charge on any atom is 0.194 e. The third kappa shape index (κ3) is 4.77. The van der Waals surface area contributed by atoms with Gasteiger partial charge in [-0.15, -0.1) is 0 Å². The minimum Gasteiger partial charge on any atom is -0.467 e. The standard InChI is InChI=1S/C16H23ClN4O2/c1-4-18-16(19-9-14(22)15-6-5-7-23-15)21(3)11-13-8-12(17)10-20(13)2/h5-8,10,14,22H,4,9,11H2,1-3H3,(H,18,19). The molecule has 2 aromatic rings. The van der Waals surface area contributed by atoms with Crippen molar-refractivity contribution < 1.29 is 9.52 Å². The Labute approximate surface area is 141 Å². The number of furan rings is 1. The number of nitrogens with one attached hydrogen (secondary N) is 1. The molecule has 1 atom stereocenters. The van der Waals surface area contributed by atoms with Crippen LogP contribution < -0.4 is 5.32 Å². The van der Waals surface area contributed by atoms with Gasteiger partial charge in [0.15, 0.2) is 5.96 Å². The summed E-state index contributed by atoms with van der Waals surface area (Å²) in [6.07, 6.45) is 2.66. The van der Waals surface area contributed by atoms with Crippen LogP contribution >= 0.6 is 11.6 Å². The molecule has 0 radical (unpaired) electrons. The molecule has 0 fully saturated rings. The number of aliphatic hydroxyl groups is 1. The lowest BCUT2D eigenvalue weighted by molar-refractivity contribution is 0.158. The molecule has 2 heterocycles. The number of guanidine groups is 1. The highest BCUT2D eigenvalue weighted by atomic mass is 35.5. The smallest absolute Gasteiger partial charge is 0.194 e. The number of aliphatic imine (C=N–C) groups is 1. The van der Waals surface area contributed by atoms with Gasteiger partial charge in [0, 0.05) is 32.5 Å². The molecule has 2 rings (SSSR count). The van der Waals surface area contributed by atoms with E-state index in [9.17, 15) is 5.11 Å². The first kappa shape index (κ1) is 17.4. The van der Waals surface area contributed by atoms with E-state index in [2.05, 4.69) is 10.3 Å². The molecule has 2 N–H and O–H groups in total. The number of aliphatic hydroxyl groups excluding tert-OH is 1. The maximum absolute atomic E-state index is 10.1. The molecule has 0 saturated heterocycles. The van der Waals surface area contributed by atoms with Crippen LogP contribution in [-0.2, 0) is 13.6 Å². The fourth-order valence-corrected chi connectivity index (χ4v) is 2.53. The SMILES string of the molecule is CCNC(=NCC(O)c1ccco1)N(C)Cc1cc(Cl)cn1C. The summed E-state index contributed by atoms with van der Waals surface area (Å²) in [5.41, 5.74) is 1.08. The van der Waals surface area contributed by atoms with Crippen LogP contribution in [0.1, 0.15) is 24.5 Å². The molecule has 0 saturated carbocycles. The number of aromatic nitrogens is 1. The van der Waals surface area contributed by atoms with Gasteiger partial charge in [-0.25, -0.2) is 4.99 Å². The Hall–Kier alpha value is -1.92. The average Bonchev–Trinajstić information content (AvgIpc) is 3.13. The summed E-state index contributed by atoms with van der Waals surface area (Å²) in [6.45, 7) is 3.64. The van der Waals surface area contributed by atoms with E-state index in [4.69, 9.17) is 16.0 Å². The summed E-state index contributed by atoms with van der Waals surface area (Å²) in [5.74, 6) is 1.23. The van der Waals surface area contributed by atoms with E-state index in [1.54, 1.807) is 18.4 Å². The van der Waals surface area contributed by atoms with Gasteiger partial charge in [0.2, 0.25) is 0 Å². The molecule has 7 heteroatoms. The molecule has 0 bridgehead atoms. The highest BCUT2D eigenvalue weighted by Crippen LogP contribution is 2.15. The Kier molecular flexibility index (Phi) is 6.12. The highest BCUT2D eigenvalue weighted by molar-refractivity contribution is 6.30. The van der Waals surface area contributed by atoms with Crippen molar-refractivity contribution >= 4 is 17.6 Å². The number of halogens is 1. The highest BCUT2D eigenvalue weighted by Gasteiger charge is 2.13. The molecule has 0 spiro atoms. The van der Waals surface area contributed by atoms with E-state index >= 15 is 0 Å². The van der Waals surface area contributed by atoms with Crippen molar-refractivity contribution in [3.05, 3.63) is 47.1 Å². The zero-order valence-corrected chi connectivity index (χ0v) is 14.4. The number of aryl methyl sites for hydroxylation is 1. The van der Waals surface area contributed by atoms with Crippen molar-refractivity contribution in [3.63, 3.8) is 0 Å². The van der Waals surface area contributed by atoms with Gasteiger partial charge >= 0.3 is 0 Å². The molecule has 0 aromatic carbocycles. The Morgan fingerprint density at radius 2 is 2.35 bits per heavy atom. The van der Waals surface area contributed by atoms with Gasteiger partial charge in [-0.2, -0.15) is 0 Å². The van der Waals surface area contributed by atoms with Gasteiger partial charge in [0.25, 0.3) is 0 Å². The molecule has 0 amide bonds. The largest absolute Gasteiger partial charge is 0.467 e. The number of rotatable bonds is 6. The van der Waals surface area contributed by atoms with Gasteiger partial charge in [-0.3, -0.25) is 0 Å². The van der Waals surface area contributed by atoms with Gasteiger partial charge in [-0.05, 0) is 25.1 Å². The van der Waals surface area contributed by atoms with Crippen LogP contribution in [0.4, 0.5) is 0 Å². The Balaban J connectivity index is 2.04. The Bertz CT molecular complexity index is 637. The fraction of sp³-hybridized carbons (Fsp3) is 0.438. The van der Waals surface area contributed by atoms with Crippen LogP contribution in [-0.4, -0.2) is 40.7 Å². The molecular formula is C16H23ClN4O2. The van der Waals surface area contributed by atoms with Crippen LogP contribution in [0.3, 0.4) is 0 Å². The zero-order chi connectivity index (χ0) is 16.8. The summed E-state index contributed by atoms with van der Waals surface area (Å²) in [5, 5.41) is 14.0. The van der Waals surface area contributed by atoms with E-state index in [-0.39, 0.29) is 6.54 Å². The predicted molar refractivity (Wildman–Crippen MR) is 91.5 cm³/mol. The fourth-order valence-electron chi connectivity index (χ4n) is 2.25. The maximum atomic E-state index is 10.1. The van der Waals surface area contributed by atoms with Crippen LogP contribution in [0.25, 0.3) is 0 Å². The lowest BCUT2D eigenvalue weighted by Gasteiger charge is -2.22. The van der Waals surface area contributed by atoms with Crippen molar-refractivity contribution in [2.45, 2.75) is 19.6 Å². The van der Waals surface area contributed by atoms with Gasteiger partial charge in [0.05, 0.1) is 24.4 Å². The Morgan fingerprint density at radius 3 is 2.91 bits per heavy atom. The summed E-state index contributed by atoms with van der Waals surface area (Å²) in [4.78, 5) is 6.47. The molecule has 23 heavy (non-hydrogen) atoms.